The van der Waals surface area contributed by atoms with Crippen LogP contribution < -0.4 is 5.32 Å². The van der Waals surface area contributed by atoms with Crippen LogP contribution in [0.5, 0.6) is 0 Å². The molecular weight excluding hydrogens is 228 g/mol. The number of hydrogen-bond donors (Lipinski definition) is 1. The Bertz CT molecular complexity index is 212. The molecule has 1 N–H and O–H groups in total. The summed E-state index contributed by atoms with van der Waals surface area (Å²) in [5, 5.41) is 3.32. The Morgan fingerprint density at radius 3 is 2.81 bits per heavy atom. The molecule has 0 unspecified atom stereocenters. The van der Waals surface area contributed by atoms with E-state index in [2.05, 4.69) is 12.2 Å². The maximum atomic E-state index is 11.7. The summed E-state index contributed by atoms with van der Waals surface area (Å²) in [5.41, 5.74) is 0. The van der Waals surface area contributed by atoms with Gasteiger partial charge in [-0.3, -0.25) is 4.79 Å². The number of ether oxygens (including phenoxy) is 1. The van der Waals surface area contributed by atoms with Crippen LogP contribution in [0.25, 0.3) is 0 Å². The van der Waals surface area contributed by atoms with Crippen LogP contribution in [-0.2, 0) is 9.53 Å². The van der Waals surface area contributed by atoms with E-state index < -0.39 is 0 Å². The summed E-state index contributed by atoms with van der Waals surface area (Å²) in [6.45, 7) is 9.15. The summed E-state index contributed by atoms with van der Waals surface area (Å²) in [5.74, 6) is 0.212. The molecule has 0 aromatic heterocycles. The fraction of sp³-hybridized carbons (Fsp3) is 0.909. The van der Waals surface area contributed by atoms with Crippen LogP contribution in [-0.4, -0.2) is 49.2 Å². The number of amides is 1. The van der Waals surface area contributed by atoms with Gasteiger partial charge >= 0.3 is 0 Å². The molecule has 1 saturated heterocycles. The highest BCUT2D eigenvalue weighted by Gasteiger charge is 2.19. The van der Waals surface area contributed by atoms with Crippen molar-refractivity contribution in [2.75, 3.05) is 26.2 Å². The third-order valence-corrected chi connectivity index (χ3v) is 2.49. The van der Waals surface area contributed by atoms with Gasteiger partial charge < -0.3 is 15.0 Å². The van der Waals surface area contributed by atoms with Crippen LogP contribution in [0.1, 0.15) is 27.2 Å². The molecule has 1 aliphatic heterocycles. The van der Waals surface area contributed by atoms with E-state index in [1.165, 1.54) is 0 Å². The molecule has 1 rings (SSSR count). The molecule has 0 saturated carbocycles. The Labute approximate surface area is 104 Å². The standard InChI is InChI=1S/C11H22N2O2.ClH/c1-9(2)15-7-4-11(14)13-6-5-12-10(3)8-13;/h9-10,12H,4-8H2,1-3H3;1H/t10-;/m1./s1. The van der Waals surface area contributed by atoms with E-state index in [9.17, 15) is 4.79 Å². The van der Waals surface area contributed by atoms with Crippen molar-refractivity contribution >= 4 is 18.3 Å². The highest BCUT2D eigenvalue weighted by atomic mass is 35.5. The fourth-order valence-corrected chi connectivity index (χ4v) is 1.70. The van der Waals surface area contributed by atoms with E-state index >= 15 is 0 Å². The number of nitrogens with one attached hydrogen (secondary N) is 1. The molecule has 4 nitrogen and oxygen atoms in total. The molecule has 5 heteroatoms. The number of hydrogen-bond acceptors (Lipinski definition) is 3. The summed E-state index contributed by atoms with van der Waals surface area (Å²) in [6.07, 6.45) is 0.713. The molecule has 0 aromatic carbocycles. The lowest BCUT2D eigenvalue weighted by Gasteiger charge is -2.32. The van der Waals surface area contributed by atoms with Crippen molar-refractivity contribution < 1.29 is 9.53 Å². The molecular formula is C11H23ClN2O2. The smallest absolute Gasteiger partial charge is 0.224 e. The third kappa shape index (κ3) is 5.68. The van der Waals surface area contributed by atoms with Gasteiger partial charge in [0.2, 0.25) is 5.91 Å². The minimum atomic E-state index is 0. The number of rotatable bonds is 4. The Kier molecular flexibility index (Phi) is 7.72. The average Bonchev–Trinajstić information content (AvgIpc) is 2.17. The molecule has 1 atom stereocenters. The first kappa shape index (κ1) is 15.7. The van der Waals surface area contributed by atoms with Crippen LogP contribution in [0.15, 0.2) is 0 Å². The van der Waals surface area contributed by atoms with Gasteiger partial charge in [0.05, 0.1) is 19.1 Å². The normalized spacial score (nSPS) is 20.8. The molecule has 0 aromatic rings. The molecule has 0 aliphatic carbocycles. The lowest BCUT2D eigenvalue weighted by Crippen LogP contribution is -2.51. The molecule has 1 aliphatic rings. The quantitative estimate of drug-likeness (QED) is 0.811. The van der Waals surface area contributed by atoms with Gasteiger partial charge in [0.25, 0.3) is 0 Å². The number of piperazine rings is 1. The second kappa shape index (κ2) is 7.87. The van der Waals surface area contributed by atoms with Gasteiger partial charge in [-0.1, -0.05) is 0 Å². The zero-order valence-electron chi connectivity index (χ0n) is 10.4. The van der Waals surface area contributed by atoms with Crippen molar-refractivity contribution in [1.82, 2.24) is 10.2 Å². The summed E-state index contributed by atoms with van der Waals surface area (Å²) >= 11 is 0. The van der Waals surface area contributed by atoms with Crippen molar-refractivity contribution in [2.45, 2.75) is 39.3 Å². The summed E-state index contributed by atoms with van der Waals surface area (Å²) < 4.78 is 5.37. The molecule has 0 radical (unpaired) electrons. The fourth-order valence-electron chi connectivity index (χ4n) is 1.70. The average molecular weight is 251 g/mol. The van der Waals surface area contributed by atoms with Crippen LogP contribution >= 0.6 is 12.4 Å². The lowest BCUT2D eigenvalue weighted by atomic mass is 10.2. The molecule has 0 spiro atoms. The first-order valence-corrected chi connectivity index (χ1v) is 5.72. The second-order valence-corrected chi connectivity index (χ2v) is 4.36. The van der Waals surface area contributed by atoms with E-state index in [1.807, 2.05) is 18.7 Å². The van der Waals surface area contributed by atoms with Gasteiger partial charge in [-0.15, -0.1) is 12.4 Å². The first-order valence-electron chi connectivity index (χ1n) is 5.72. The maximum Gasteiger partial charge on any atom is 0.224 e. The Balaban J connectivity index is 0.00000225. The van der Waals surface area contributed by atoms with Crippen LogP contribution in [0.2, 0.25) is 0 Å². The summed E-state index contributed by atoms with van der Waals surface area (Å²) in [4.78, 5) is 13.7. The maximum absolute atomic E-state index is 11.7. The zero-order chi connectivity index (χ0) is 11.3. The Morgan fingerprint density at radius 1 is 1.56 bits per heavy atom. The van der Waals surface area contributed by atoms with Crippen molar-refractivity contribution in [3.63, 3.8) is 0 Å². The van der Waals surface area contributed by atoms with Gasteiger partial charge in [-0.25, -0.2) is 0 Å². The monoisotopic (exact) mass is 250 g/mol. The minimum Gasteiger partial charge on any atom is -0.378 e. The van der Waals surface area contributed by atoms with Crippen molar-refractivity contribution in [1.29, 1.82) is 0 Å². The largest absolute Gasteiger partial charge is 0.378 e. The van der Waals surface area contributed by atoms with E-state index in [-0.39, 0.29) is 24.4 Å². The molecule has 16 heavy (non-hydrogen) atoms. The zero-order valence-corrected chi connectivity index (χ0v) is 11.2. The van der Waals surface area contributed by atoms with Crippen molar-refractivity contribution in [2.24, 2.45) is 0 Å². The number of carbonyl (C=O) groups excluding carboxylic acids is 1. The highest BCUT2D eigenvalue weighted by molar-refractivity contribution is 5.85. The van der Waals surface area contributed by atoms with E-state index in [4.69, 9.17) is 4.74 Å². The SMILES string of the molecule is CC(C)OCCC(=O)N1CCN[C@H](C)C1.Cl. The summed E-state index contributed by atoms with van der Waals surface area (Å²) in [7, 11) is 0. The number of halogens is 1. The number of nitrogens with zero attached hydrogens (tertiary/aromatic N) is 1. The highest BCUT2D eigenvalue weighted by Crippen LogP contribution is 2.02. The van der Waals surface area contributed by atoms with Crippen molar-refractivity contribution in [3.8, 4) is 0 Å². The van der Waals surface area contributed by atoms with E-state index in [0.29, 0.717) is 19.1 Å². The van der Waals surface area contributed by atoms with Gasteiger partial charge in [-0.2, -0.15) is 0 Å². The van der Waals surface area contributed by atoms with Gasteiger partial charge in [0, 0.05) is 25.7 Å². The van der Waals surface area contributed by atoms with Crippen LogP contribution in [0, 0.1) is 0 Å². The van der Waals surface area contributed by atoms with E-state index in [1.54, 1.807) is 0 Å². The Hall–Kier alpha value is -0.320. The predicted molar refractivity (Wildman–Crippen MR) is 67.0 cm³/mol. The van der Waals surface area contributed by atoms with Gasteiger partial charge in [-0.05, 0) is 20.8 Å². The van der Waals surface area contributed by atoms with E-state index in [0.717, 1.165) is 19.6 Å². The lowest BCUT2D eigenvalue weighted by molar-refractivity contribution is -0.133. The topological polar surface area (TPSA) is 41.6 Å². The molecule has 0 bridgehead atoms. The van der Waals surface area contributed by atoms with Crippen LogP contribution in [0.4, 0.5) is 0 Å². The molecule has 96 valence electrons. The van der Waals surface area contributed by atoms with Gasteiger partial charge in [0.15, 0.2) is 0 Å². The van der Waals surface area contributed by atoms with Crippen LogP contribution in [0.3, 0.4) is 0 Å². The predicted octanol–water partition coefficient (Wildman–Crippen LogP) is 1.04. The number of carbonyl (C=O) groups is 1. The minimum absolute atomic E-state index is 0. The first-order chi connectivity index (χ1) is 7.09. The second-order valence-electron chi connectivity index (χ2n) is 4.36. The third-order valence-electron chi connectivity index (χ3n) is 2.49. The van der Waals surface area contributed by atoms with Gasteiger partial charge in [0.1, 0.15) is 0 Å². The molecule has 1 fully saturated rings. The van der Waals surface area contributed by atoms with Crippen molar-refractivity contribution in [3.05, 3.63) is 0 Å². The molecule has 1 amide bonds. The summed E-state index contributed by atoms with van der Waals surface area (Å²) in [6, 6.07) is 0.411. The molecule has 1 heterocycles. The Morgan fingerprint density at radius 2 is 2.25 bits per heavy atom.